The number of benzene rings is 2. The Hall–Kier alpha value is -2.80. The second-order valence-corrected chi connectivity index (χ2v) is 7.65. The van der Waals surface area contributed by atoms with Crippen LogP contribution in [0, 0.1) is 10.1 Å². The van der Waals surface area contributed by atoms with E-state index in [1.807, 2.05) is 29.7 Å². The highest BCUT2D eigenvalue weighted by Gasteiger charge is 2.15. The highest BCUT2D eigenvalue weighted by molar-refractivity contribution is 7.16. The Morgan fingerprint density at radius 3 is 2.70 bits per heavy atom. The van der Waals surface area contributed by atoms with Crippen LogP contribution < -0.4 is 4.80 Å². The van der Waals surface area contributed by atoms with Gasteiger partial charge < -0.3 is 4.57 Å². The van der Waals surface area contributed by atoms with Gasteiger partial charge in [0.25, 0.3) is 11.6 Å². The van der Waals surface area contributed by atoms with Crippen molar-refractivity contribution >= 4 is 33.1 Å². The molecule has 0 radical (unpaired) electrons. The molecule has 3 aromatic rings. The molecule has 0 fully saturated rings. The summed E-state index contributed by atoms with van der Waals surface area (Å²) in [6, 6.07) is 10.6. The lowest BCUT2D eigenvalue weighted by molar-refractivity contribution is -0.384. The van der Waals surface area contributed by atoms with Crippen molar-refractivity contribution in [2.45, 2.75) is 39.2 Å². The van der Waals surface area contributed by atoms with E-state index < -0.39 is 4.92 Å². The van der Waals surface area contributed by atoms with Crippen molar-refractivity contribution < 1.29 is 9.72 Å². The molecule has 2 aromatic carbocycles. The number of nitro groups is 1. The average Bonchev–Trinajstić information content (AvgIpc) is 3.03. The maximum atomic E-state index is 12.7. The standard InChI is InChI=1S/C20H19N3O3S/c1-2-22-17-12-16(23(25)26)9-10-18(17)27-20(22)21-19(24)15-8-7-13-5-3-4-6-14(13)11-15/h7-12H,2-6H2,1H3. The first kappa shape index (κ1) is 17.6. The molecule has 0 aliphatic heterocycles. The summed E-state index contributed by atoms with van der Waals surface area (Å²) >= 11 is 1.37. The van der Waals surface area contributed by atoms with Gasteiger partial charge in [-0.3, -0.25) is 14.9 Å². The number of non-ortho nitro benzene ring substituents is 1. The fourth-order valence-corrected chi connectivity index (χ4v) is 4.65. The summed E-state index contributed by atoms with van der Waals surface area (Å²) < 4.78 is 2.72. The maximum absolute atomic E-state index is 12.7. The first-order valence-electron chi connectivity index (χ1n) is 9.05. The number of amides is 1. The molecule has 138 valence electrons. The van der Waals surface area contributed by atoms with Gasteiger partial charge in [-0.25, -0.2) is 0 Å². The molecule has 0 unspecified atom stereocenters. The molecule has 0 N–H and O–H groups in total. The second-order valence-electron chi connectivity index (χ2n) is 6.65. The lowest BCUT2D eigenvalue weighted by Gasteiger charge is -2.15. The monoisotopic (exact) mass is 381 g/mol. The molecule has 4 rings (SSSR count). The van der Waals surface area contributed by atoms with Gasteiger partial charge in [-0.15, -0.1) is 0 Å². The number of hydrogen-bond acceptors (Lipinski definition) is 4. The van der Waals surface area contributed by atoms with Gasteiger partial charge >= 0.3 is 0 Å². The van der Waals surface area contributed by atoms with Gasteiger partial charge in [-0.05, 0) is 61.9 Å². The smallest absolute Gasteiger partial charge is 0.279 e. The number of thiazole rings is 1. The molecule has 1 aromatic heterocycles. The number of carbonyl (C=O) groups excluding carboxylic acids is 1. The molecule has 6 nitrogen and oxygen atoms in total. The fourth-order valence-electron chi connectivity index (χ4n) is 3.58. The van der Waals surface area contributed by atoms with E-state index in [-0.39, 0.29) is 11.6 Å². The van der Waals surface area contributed by atoms with E-state index in [0.29, 0.717) is 16.9 Å². The third kappa shape index (κ3) is 3.30. The molecule has 1 amide bonds. The quantitative estimate of drug-likeness (QED) is 0.503. The van der Waals surface area contributed by atoms with Gasteiger partial charge in [0.15, 0.2) is 4.80 Å². The van der Waals surface area contributed by atoms with Gasteiger partial charge in [0.2, 0.25) is 0 Å². The zero-order valence-corrected chi connectivity index (χ0v) is 15.8. The molecule has 0 spiro atoms. The Morgan fingerprint density at radius 2 is 1.96 bits per heavy atom. The number of aromatic nitrogens is 1. The lowest BCUT2D eigenvalue weighted by atomic mass is 9.90. The molecule has 7 heteroatoms. The van der Waals surface area contributed by atoms with Gasteiger partial charge in [-0.2, -0.15) is 4.99 Å². The number of hydrogen-bond donors (Lipinski definition) is 0. The summed E-state index contributed by atoms with van der Waals surface area (Å²) in [5.74, 6) is -0.272. The number of aryl methyl sites for hydroxylation is 3. The summed E-state index contributed by atoms with van der Waals surface area (Å²) in [5, 5.41) is 11.1. The van der Waals surface area contributed by atoms with Crippen molar-refractivity contribution in [3.8, 4) is 0 Å². The third-order valence-electron chi connectivity index (χ3n) is 4.99. The summed E-state index contributed by atoms with van der Waals surface area (Å²) in [5.41, 5.74) is 3.94. The molecule has 1 heterocycles. The van der Waals surface area contributed by atoms with Crippen LogP contribution in [0.2, 0.25) is 0 Å². The predicted octanol–water partition coefficient (Wildman–Crippen LogP) is 4.25. The van der Waals surface area contributed by atoms with Crippen LogP contribution >= 0.6 is 11.3 Å². The summed E-state index contributed by atoms with van der Waals surface area (Å²) in [6.45, 7) is 2.52. The highest BCUT2D eigenvalue weighted by atomic mass is 32.1. The molecule has 0 saturated carbocycles. The van der Waals surface area contributed by atoms with Crippen molar-refractivity contribution in [3.63, 3.8) is 0 Å². The maximum Gasteiger partial charge on any atom is 0.279 e. The van der Waals surface area contributed by atoms with Crippen molar-refractivity contribution in [1.29, 1.82) is 0 Å². The van der Waals surface area contributed by atoms with Crippen LogP contribution in [0.3, 0.4) is 0 Å². The van der Waals surface area contributed by atoms with E-state index in [4.69, 9.17) is 0 Å². The Bertz CT molecular complexity index is 1130. The molecule has 0 bridgehead atoms. The Balaban J connectivity index is 1.78. The van der Waals surface area contributed by atoms with Gasteiger partial charge in [0, 0.05) is 24.2 Å². The van der Waals surface area contributed by atoms with Crippen LogP contribution in [-0.2, 0) is 19.4 Å². The van der Waals surface area contributed by atoms with E-state index in [0.717, 1.165) is 29.5 Å². The zero-order chi connectivity index (χ0) is 19.0. The van der Waals surface area contributed by atoms with Crippen LogP contribution in [0.15, 0.2) is 41.4 Å². The van der Waals surface area contributed by atoms with E-state index in [2.05, 4.69) is 4.99 Å². The van der Waals surface area contributed by atoms with E-state index in [1.165, 1.54) is 41.0 Å². The fraction of sp³-hybridized carbons (Fsp3) is 0.300. The first-order chi connectivity index (χ1) is 13.1. The van der Waals surface area contributed by atoms with Crippen LogP contribution in [-0.4, -0.2) is 15.4 Å². The van der Waals surface area contributed by atoms with Crippen molar-refractivity contribution in [3.05, 3.63) is 68.0 Å². The number of fused-ring (bicyclic) bond motifs is 2. The average molecular weight is 381 g/mol. The number of carbonyl (C=O) groups is 1. The minimum absolute atomic E-state index is 0.0371. The summed E-state index contributed by atoms with van der Waals surface area (Å²) in [7, 11) is 0. The highest BCUT2D eigenvalue weighted by Crippen LogP contribution is 2.24. The van der Waals surface area contributed by atoms with Crippen LogP contribution in [0.1, 0.15) is 41.3 Å². The van der Waals surface area contributed by atoms with E-state index in [9.17, 15) is 14.9 Å². The third-order valence-corrected chi connectivity index (χ3v) is 6.04. The van der Waals surface area contributed by atoms with Crippen molar-refractivity contribution in [2.75, 3.05) is 0 Å². The number of rotatable bonds is 3. The van der Waals surface area contributed by atoms with E-state index >= 15 is 0 Å². The lowest BCUT2D eigenvalue weighted by Crippen LogP contribution is -2.16. The number of nitro benzene ring substituents is 1. The van der Waals surface area contributed by atoms with Gasteiger partial charge in [0.05, 0.1) is 15.1 Å². The summed E-state index contributed by atoms with van der Waals surface area (Å²) in [6.07, 6.45) is 4.45. The molecule has 0 atom stereocenters. The van der Waals surface area contributed by atoms with E-state index in [1.54, 1.807) is 6.07 Å². The molecule has 0 saturated heterocycles. The topological polar surface area (TPSA) is 77.5 Å². The molecule has 1 aliphatic carbocycles. The first-order valence-corrected chi connectivity index (χ1v) is 9.87. The van der Waals surface area contributed by atoms with Crippen LogP contribution in [0.4, 0.5) is 5.69 Å². The Morgan fingerprint density at radius 1 is 1.19 bits per heavy atom. The molecule has 27 heavy (non-hydrogen) atoms. The Kier molecular flexibility index (Phi) is 4.61. The minimum atomic E-state index is -0.411. The van der Waals surface area contributed by atoms with Crippen molar-refractivity contribution in [1.82, 2.24) is 4.57 Å². The van der Waals surface area contributed by atoms with Gasteiger partial charge in [-0.1, -0.05) is 17.4 Å². The largest absolute Gasteiger partial charge is 0.316 e. The molecular weight excluding hydrogens is 362 g/mol. The summed E-state index contributed by atoms with van der Waals surface area (Å²) in [4.78, 5) is 28.3. The van der Waals surface area contributed by atoms with Crippen molar-refractivity contribution in [2.24, 2.45) is 4.99 Å². The van der Waals surface area contributed by atoms with Crippen LogP contribution in [0.25, 0.3) is 10.2 Å². The van der Waals surface area contributed by atoms with Gasteiger partial charge in [0.1, 0.15) is 0 Å². The van der Waals surface area contributed by atoms with Crippen LogP contribution in [0.5, 0.6) is 0 Å². The minimum Gasteiger partial charge on any atom is -0.316 e. The molecular formula is C20H19N3O3S. The molecule has 1 aliphatic rings. The number of nitrogens with zero attached hydrogens (tertiary/aromatic N) is 3. The predicted molar refractivity (Wildman–Crippen MR) is 105 cm³/mol. The normalized spacial score (nSPS) is 14.3. The Labute approximate surface area is 159 Å². The second kappa shape index (κ2) is 7.08. The zero-order valence-electron chi connectivity index (χ0n) is 15.0. The SMILES string of the molecule is CCn1c(=NC(=O)c2ccc3c(c2)CCCC3)sc2ccc([N+](=O)[O-])cc21.